The number of aromatic nitrogens is 2. The lowest BCUT2D eigenvalue weighted by Gasteiger charge is -2.09. The smallest absolute Gasteiger partial charge is 0.0831 e. The molecule has 0 fully saturated rings. The third-order valence-electron chi connectivity index (χ3n) is 2.42. The van der Waals surface area contributed by atoms with Crippen LogP contribution in [0.4, 0.5) is 0 Å². The van der Waals surface area contributed by atoms with Crippen LogP contribution in [0.2, 0.25) is 0 Å². The molecule has 1 aromatic heterocycles. The second-order valence-corrected chi connectivity index (χ2v) is 5.04. The Morgan fingerprint density at radius 3 is 2.94 bits per heavy atom. The van der Waals surface area contributed by atoms with E-state index in [1.807, 2.05) is 37.5 Å². The molecule has 0 aliphatic heterocycles. The van der Waals surface area contributed by atoms with E-state index in [-0.39, 0.29) is 0 Å². The summed E-state index contributed by atoms with van der Waals surface area (Å²) in [6.07, 6.45) is 3.86. The number of rotatable bonds is 3. The highest BCUT2D eigenvalue weighted by Gasteiger charge is 2.09. The second kappa shape index (κ2) is 4.97. The number of aliphatic hydroxyl groups is 1. The first-order valence-corrected chi connectivity index (χ1v) is 6.14. The van der Waals surface area contributed by atoms with Gasteiger partial charge in [0.05, 0.1) is 12.3 Å². The average Bonchev–Trinajstić information content (AvgIpc) is 2.64. The number of hydrogen-bond donors (Lipinski definition) is 1. The first kappa shape index (κ1) is 11.6. The lowest BCUT2D eigenvalue weighted by molar-refractivity contribution is 0.178. The molecule has 3 nitrogen and oxygen atoms in total. The zero-order chi connectivity index (χ0) is 11.5. The number of halogens is 1. The molecule has 0 radical (unpaired) electrons. The predicted octanol–water partition coefficient (Wildman–Crippen LogP) is 2.30. The van der Waals surface area contributed by atoms with E-state index in [1.165, 1.54) is 0 Å². The SMILES string of the molecule is Cn1cc(CC(O)c2cccc(I)c2)cn1. The standard InChI is InChI=1S/C12H13IN2O/c1-15-8-9(7-14-15)5-12(16)10-3-2-4-11(13)6-10/h2-4,6-8,12,16H,5H2,1H3. The summed E-state index contributed by atoms with van der Waals surface area (Å²) in [7, 11) is 1.88. The molecule has 0 aliphatic carbocycles. The van der Waals surface area contributed by atoms with Crippen LogP contribution in [0.3, 0.4) is 0 Å². The van der Waals surface area contributed by atoms with Gasteiger partial charge in [0.25, 0.3) is 0 Å². The van der Waals surface area contributed by atoms with Gasteiger partial charge in [0.1, 0.15) is 0 Å². The minimum atomic E-state index is -0.459. The predicted molar refractivity (Wildman–Crippen MR) is 71.0 cm³/mol. The number of aryl methyl sites for hydroxylation is 1. The summed E-state index contributed by atoms with van der Waals surface area (Å²) < 4.78 is 2.89. The third-order valence-corrected chi connectivity index (χ3v) is 3.09. The van der Waals surface area contributed by atoms with Gasteiger partial charge in [-0.3, -0.25) is 4.68 Å². The van der Waals surface area contributed by atoms with Crippen LogP contribution in [0, 0.1) is 3.57 Å². The van der Waals surface area contributed by atoms with Crippen LogP contribution >= 0.6 is 22.6 Å². The number of nitrogens with zero attached hydrogens (tertiary/aromatic N) is 2. The Kier molecular flexibility index (Phi) is 3.60. The van der Waals surface area contributed by atoms with Gasteiger partial charge in [-0.1, -0.05) is 12.1 Å². The zero-order valence-electron chi connectivity index (χ0n) is 8.97. The van der Waals surface area contributed by atoms with Gasteiger partial charge in [-0.15, -0.1) is 0 Å². The van der Waals surface area contributed by atoms with Gasteiger partial charge in [-0.25, -0.2) is 0 Å². The molecule has 16 heavy (non-hydrogen) atoms. The second-order valence-electron chi connectivity index (χ2n) is 3.80. The fourth-order valence-corrected chi connectivity index (χ4v) is 2.20. The van der Waals surface area contributed by atoms with E-state index in [0.29, 0.717) is 6.42 Å². The van der Waals surface area contributed by atoms with Gasteiger partial charge in [-0.05, 0) is 45.9 Å². The summed E-state index contributed by atoms with van der Waals surface area (Å²) in [4.78, 5) is 0. The van der Waals surface area contributed by atoms with E-state index in [4.69, 9.17) is 0 Å². The van der Waals surface area contributed by atoms with E-state index in [1.54, 1.807) is 10.9 Å². The molecule has 1 unspecified atom stereocenters. The molecule has 1 aromatic carbocycles. The monoisotopic (exact) mass is 328 g/mol. The number of aliphatic hydroxyl groups excluding tert-OH is 1. The molecule has 2 rings (SSSR count). The van der Waals surface area contributed by atoms with Crippen molar-refractivity contribution >= 4 is 22.6 Å². The highest BCUT2D eigenvalue weighted by molar-refractivity contribution is 14.1. The molecule has 2 aromatic rings. The number of benzene rings is 1. The highest BCUT2D eigenvalue weighted by atomic mass is 127. The summed E-state index contributed by atoms with van der Waals surface area (Å²) in [6.45, 7) is 0. The van der Waals surface area contributed by atoms with E-state index in [9.17, 15) is 5.11 Å². The Morgan fingerprint density at radius 2 is 2.31 bits per heavy atom. The van der Waals surface area contributed by atoms with E-state index < -0.39 is 6.10 Å². The van der Waals surface area contributed by atoms with Crippen molar-refractivity contribution in [3.63, 3.8) is 0 Å². The fraction of sp³-hybridized carbons (Fsp3) is 0.250. The third kappa shape index (κ3) is 2.82. The summed E-state index contributed by atoms with van der Waals surface area (Å²) >= 11 is 2.25. The van der Waals surface area contributed by atoms with Crippen LogP contribution in [0.25, 0.3) is 0 Å². The molecule has 0 spiro atoms. The maximum Gasteiger partial charge on any atom is 0.0831 e. The van der Waals surface area contributed by atoms with Crippen molar-refractivity contribution in [2.24, 2.45) is 7.05 Å². The van der Waals surface area contributed by atoms with Gasteiger partial charge in [0.15, 0.2) is 0 Å². The lowest BCUT2D eigenvalue weighted by atomic mass is 10.0. The molecule has 0 saturated heterocycles. The summed E-state index contributed by atoms with van der Waals surface area (Å²) in [5, 5.41) is 14.2. The van der Waals surface area contributed by atoms with Crippen LogP contribution in [0.1, 0.15) is 17.2 Å². The molecule has 0 amide bonds. The Bertz CT molecular complexity index is 481. The maximum atomic E-state index is 10.1. The summed E-state index contributed by atoms with van der Waals surface area (Å²) in [5.74, 6) is 0. The Morgan fingerprint density at radius 1 is 1.50 bits per heavy atom. The minimum Gasteiger partial charge on any atom is -0.388 e. The molecule has 1 heterocycles. The van der Waals surface area contributed by atoms with Crippen molar-refractivity contribution in [2.45, 2.75) is 12.5 Å². The molecule has 1 atom stereocenters. The molecule has 4 heteroatoms. The van der Waals surface area contributed by atoms with Crippen molar-refractivity contribution in [3.05, 3.63) is 51.4 Å². The molecule has 0 saturated carbocycles. The van der Waals surface area contributed by atoms with Crippen molar-refractivity contribution in [1.82, 2.24) is 9.78 Å². The van der Waals surface area contributed by atoms with E-state index >= 15 is 0 Å². The average molecular weight is 328 g/mol. The van der Waals surface area contributed by atoms with Gasteiger partial charge in [0, 0.05) is 23.2 Å². The Labute approximate surface area is 108 Å². The Balaban J connectivity index is 2.11. The topological polar surface area (TPSA) is 38.0 Å². The highest BCUT2D eigenvalue weighted by Crippen LogP contribution is 2.19. The number of hydrogen-bond acceptors (Lipinski definition) is 2. The summed E-state index contributed by atoms with van der Waals surface area (Å²) in [6, 6.07) is 7.93. The van der Waals surface area contributed by atoms with Crippen molar-refractivity contribution in [3.8, 4) is 0 Å². The van der Waals surface area contributed by atoms with Crippen LogP contribution in [-0.2, 0) is 13.5 Å². The first-order valence-electron chi connectivity index (χ1n) is 5.06. The summed E-state index contributed by atoms with van der Waals surface area (Å²) in [5.41, 5.74) is 2.00. The first-order chi connectivity index (χ1) is 7.65. The van der Waals surface area contributed by atoms with E-state index in [0.717, 1.165) is 14.7 Å². The van der Waals surface area contributed by atoms with Crippen LogP contribution < -0.4 is 0 Å². The van der Waals surface area contributed by atoms with Crippen molar-refractivity contribution in [1.29, 1.82) is 0 Å². The van der Waals surface area contributed by atoms with Crippen LogP contribution in [0.5, 0.6) is 0 Å². The lowest BCUT2D eigenvalue weighted by Crippen LogP contribution is -2.01. The molecular weight excluding hydrogens is 315 g/mol. The molecule has 0 bridgehead atoms. The quantitative estimate of drug-likeness (QED) is 0.878. The fourth-order valence-electron chi connectivity index (χ4n) is 1.63. The molecule has 1 N–H and O–H groups in total. The normalized spacial score (nSPS) is 12.7. The maximum absolute atomic E-state index is 10.1. The van der Waals surface area contributed by atoms with Crippen LogP contribution in [-0.4, -0.2) is 14.9 Å². The largest absolute Gasteiger partial charge is 0.388 e. The van der Waals surface area contributed by atoms with Gasteiger partial charge in [-0.2, -0.15) is 5.10 Å². The van der Waals surface area contributed by atoms with Gasteiger partial charge < -0.3 is 5.11 Å². The van der Waals surface area contributed by atoms with Gasteiger partial charge >= 0.3 is 0 Å². The molecular formula is C12H13IN2O. The molecule has 0 aliphatic rings. The molecule has 84 valence electrons. The van der Waals surface area contributed by atoms with Crippen molar-refractivity contribution in [2.75, 3.05) is 0 Å². The van der Waals surface area contributed by atoms with Gasteiger partial charge in [0.2, 0.25) is 0 Å². The minimum absolute atomic E-state index is 0.459. The van der Waals surface area contributed by atoms with Crippen LogP contribution in [0.15, 0.2) is 36.7 Å². The van der Waals surface area contributed by atoms with Crippen molar-refractivity contribution < 1.29 is 5.11 Å². The van der Waals surface area contributed by atoms with E-state index in [2.05, 4.69) is 27.7 Å². The zero-order valence-corrected chi connectivity index (χ0v) is 11.1. The Hall–Kier alpha value is -0.880.